The molecule has 1 fully saturated rings. The lowest BCUT2D eigenvalue weighted by atomic mass is 10.0. The first kappa shape index (κ1) is 30.4. The van der Waals surface area contributed by atoms with Crippen molar-refractivity contribution in [1.82, 2.24) is 29.6 Å². The molecule has 242 valence electrons. The summed E-state index contributed by atoms with van der Waals surface area (Å²) in [5.41, 5.74) is -1.97. The van der Waals surface area contributed by atoms with Gasteiger partial charge in [-0.2, -0.15) is 13.9 Å². The van der Waals surface area contributed by atoms with E-state index in [0.29, 0.717) is 22.2 Å². The average molecular weight is 655 g/mol. The van der Waals surface area contributed by atoms with Crippen LogP contribution >= 0.6 is 0 Å². The molecule has 47 heavy (non-hydrogen) atoms. The highest BCUT2D eigenvalue weighted by Crippen LogP contribution is 2.68. The number of pyridine rings is 1. The second kappa shape index (κ2) is 11.2. The van der Waals surface area contributed by atoms with Gasteiger partial charge >= 0.3 is 0 Å². The average Bonchev–Trinajstić information content (AvgIpc) is 3.69. The predicted molar refractivity (Wildman–Crippen MR) is 155 cm³/mol. The van der Waals surface area contributed by atoms with Crippen molar-refractivity contribution in [3.05, 3.63) is 111 Å². The Bertz CT molecular complexity index is 2080. The van der Waals surface area contributed by atoms with E-state index < -0.39 is 71.3 Å². The number of amides is 1. The molecule has 15 heteroatoms. The van der Waals surface area contributed by atoms with Crippen molar-refractivity contribution in [2.24, 2.45) is 5.92 Å². The minimum Gasteiger partial charge on any atom is -0.497 e. The van der Waals surface area contributed by atoms with Gasteiger partial charge in [0.15, 0.2) is 5.65 Å². The maximum atomic E-state index is 15.2. The number of fused-ring (bicyclic) bond motifs is 4. The molecule has 7 rings (SSSR count). The second-order valence-corrected chi connectivity index (χ2v) is 11.5. The van der Waals surface area contributed by atoms with Gasteiger partial charge in [0.25, 0.3) is 17.9 Å². The molecule has 1 amide bonds. The summed E-state index contributed by atoms with van der Waals surface area (Å²) in [4.78, 5) is 36.2. The third-order valence-corrected chi connectivity index (χ3v) is 8.47. The van der Waals surface area contributed by atoms with Gasteiger partial charge < -0.3 is 10.1 Å². The standard InChI is InChI=1S/C32H24F6N6O3/c1-47-19-6-4-18(5-7-19)44-30(41-29-20(31(44)46)3-2-8-39-29)23(11-15-9-16(33)12-17(34)10-15)40-24(45)14-43-27-25(26(42-43)28(35)36)21-13-22(21)32(27,37)38/h2-10,12,21-23,28H,11,13-14H2,1H3,(H,40,45)/t21-,22+,23?/m0/s1. The zero-order chi connectivity index (χ0) is 33.2. The van der Waals surface area contributed by atoms with Crippen LogP contribution in [0.2, 0.25) is 0 Å². The summed E-state index contributed by atoms with van der Waals surface area (Å²) in [6.07, 6.45) is -2.00. The van der Waals surface area contributed by atoms with E-state index in [2.05, 4.69) is 20.4 Å². The summed E-state index contributed by atoms with van der Waals surface area (Å²) < 4.78 is 93.5. The molecular weight excluding hydrogens is 630 g/mol. The van der Waals surface area contributed by atoms with E-state index in [9.17, 15) is 27.2 Å². The maximum absolute atomic E-state index is 15.2. The fraction of sp³-hybridized carbons (Fsp3) is 0.281. The van der Waals surface area contributed by atoms with Crippen molar-refractivity contribution in [2.45, 2.75) is 43.7 Å². The molecule has 0 saturated heterocycles. The Balaban J connectivity index is 1.33. The lowest BCUT2D eigenvalue weighted by molar-refractivity contribution is -0.123. The van der Waals surface area contributed by atoms with Crippen LogP contribution in [0.25, 0.3) is 16.7 Å². The van der Waals surface area contributed by atoms with E-state index in [1.807, 2.05) is 0 Å². The lowest BCUT2D eigenvalue weighted by Gasteiger charge is -2.23. The second-order valence-electron chi connectivity index (χ2n) is 11.5. The number of rotatable bonds is 9. The fourth-order valence-corrected chi connectivity index (χ4v) is 6.38. The summed E-state index contributed by atoms with van der Waals surface area (Å²) in [5, 5.41) is 6.45. The number of hydrogen-bond acceptors (Lipinski definition) is 6. The molecule has 3 aromatic heterocycles. The number of alkyl halides is 4. The van der Waals surface area contributed by atoms with Gasteiger partial charge in [0.2, 0.25) is 5.91 Å². The molecule has 3 heterocycles. The minimum atomic E-state index is -3.46. The fourth-order valence-electron chi connectivity index (χ4n) is 6.38. The minimum absolute atomic E-state index is 0.00673. The van der Waals surface area contributed by atoms with Crippen LogP contribution in [-0.4, -0.2) is 37.3 Å². The quantitative estimate of drug-likeness (QED) is 0.210. The van der Waals surface area contributed by atoms with E-state index in [4.69, 9.17) is 4.74 Å². The zero-order valence-corrected chi connectivity index (χ0v) is 24.4. The molecule has 0 bridgehead atoms. The first-order chi connectivity index (χ1) is 22.5. The van der Waals surface area contributed by atoms with Crippen molar-refractivity contribution in [3.8, 4) is 11.4 Å². The monoisotopic (exact) mass is 654 g/mol. The Kier molecular flexibility index (Phi) is 7.28. The molecule has 2 aliphatic carbocycles. The van der Waals surface area contributed by atoms with Gasteiger partial charge in [0.05, 0.1) is 24.2 Å². The van der Waals surface area contributed by atoms with E-state index in [-0.39, 0.29) is 40.8 Å². The SMILES string of the molecule is COc1ccc(-n2c(C(Cc3cc(F)cc(F)c3)NC(=O)Cn3nc(C(F)F)c4c3C(F)(F)[C@@H]3C[C@H]43)nc3ncccc3c2=O)cc1. The van der Waals surface area contributed by atoms with Crippen molar-refractivity contribution in [2.75, 3.05) is 7.11 Å². The van der Waals surface area contributed by atoms with Crippen molar-refractivity contribution in [3.63, 3.8) is 0 Å². The van der Waals surface area contributed by atoms with Crippen LogP contribution in [-0.2, 0) is 23.7 Å². The topological polar surface area (TPSA) is 104 Å². The number of nitrogens with one attached hydrogen (secondary N) is 1. The highest BCUT2D eigenvalue weighted by Gasteiger charge is 2.67. The van der Waals surface area contributed by atoms with E-state index in [0.717, 1.165) is 12.1 Å². The molecule has 0 spiro atoms. The van der Waals surface area contributed by atoms with Crippen molar-refractivity contribution < 1.29 is 35.9 Å². The molecule has 2 aromatic carbocycles. The van der Waals surface area contributed by atoms with Crippen LogP contribution in [0.3, 0.4) is 0 Å². The third-order valence-electron chi connectivity index (χ3n) is 8.47. The molecule has 0 aliphatic heterocycles. The number of aromatic nitrogens is 5. The number of methoxy groups -OCH3 is 1. The molecule has 1 saturated carbocycles. The molecule has 1 unspecified atom stereocenters. The van der Waals surface area contributed by atoms with Crippen LogP contribution in [0.5, 0.6) is 5.75 Å². The summed E-state index contributed by atoms with van der Waals surface area (Å²) in [6.45, 7) is -0.878. The van der Waals surface area contributed by atoms with Gasteiger partial charge in [0.1, 0.15) is 41.1 Å². The maximum Gasteiger partial charge on any atom is 0.293 e. The van der Waals surface area contributed by atoms with Crippen LogP contribution in [0.4, 0.5) is 26.3 Å². The summed E-state index contributed by atoms with van der Waals surface area (Å²) in [7, 11) is 1.46. The molecule has 1 N–H and O–H groups in total. The number of ether oxygens (including phenoxy) is 1. The number of carbonyl (C=O) groups excluding carboxylic acids is 1. The zero-order valence-electron chi connectivity index (χ0n) is 24.4. The Morgan fingerprint density at radius 3 is 2.51 bits per heavy atom. The van der Waals surface area contributed by atoms with Crippen LogP contribution in [0, 0.1) is 17.6 Å². The number of nitrogens with zero attached hydrogens (tertiary/aromatic N) is 5. The van der Waals surface area contributed by atoms with Crippen LogP contribution in [0.1, 0.15) is 53.1 Å². The normalized spacial score (nSPS) is 18.2. The highest BCUT2D eigenvalue weighted by molar-refractivity contribution is 5.77. The number of hydrogen-bond donors (Lipinski definition) is 1. The molecule has 5 aromatic rings. The van der Waals surface area contributed by atoms with Gasteiger partial charge in [-0.05, 0) is 66.4 Å². The van der Waals surface area contributed by atoms with Gasteiger partial charge in [-0.25, -0.2) is 27.5 Å². The molecule has 2 aliphatic rings. The lowest BCUT2D eigenvalue weighted by Crippen LogP contribution is -2.38. The Morgan fingerprint density at radius 1 is 1.11 bits per heavy atom. The Labute approximate surface area is 261 Å². The largest absolute Gasteiger partial charge is 0.497 e. The van der Waals surface area contributed by atoms with E-state index in [1.165, 1.54) is 30.0 Å². The Morgan fingerprint density at radius 2 is 1.83 bits per heavy atom. The smallest absolute Gasteiger partial charge is 0.293 e. The first-order valence-electron chi connectivity index (χ1n) is 14.5. The van der Waals surface area contributed by atoms with E-state index in [1.54, 1.807) is 24.3 Å². The molecule has 3 atom stereocenters. The third kappa shape index (κ3) is 5.28. The molecular formula is C32H24F6N6O3. The predicted octanol–water partition coefficient (Wildman–Crippen LogP) is 5.51. The summed E-state index contributed by atoms with van der Waals surface area (Å²) >= 11 is 0. The summed E-state index contributed by atoms with van der Waals surface area (Å²) in [6, 6.07) is 10.7. The van der Waals surface area contributed by atoms with Crippen molar-refractivity contribution in [1.29, 1.82) is 0 Å². The van der Waals surface area contributed by atoms with Gasteiger partial charge in [0, 0.05) is 30.2 Å². The molecule has 9 nitrogen and oxygen atoms in total. The molecule has 0 radical (unpaired) electrons. The van der Waals surface area contributed by atoms with E-state index >= 15 is 8.78 Å². The van der Waals surface area contributed by atoms with Crippen molar-refractivity contribution >= 4 is 16.9 Å². The Hall–Kier alpha value is -5.21. The van der Waals surface area contributed by atoms with Gasteiger partial charge in [-0.1, -0.05) is 0 Å². The van der Waals surface area contributed by atoms with Gasteiger partial charge in [-0.15, -0.1) is 0 Å². The number of halogens is 6. The van der Waals surface area contributed by atoms with Crippen LogP contribution < -0.4 is 15.6 Å². The highest BCUT2D eigenvalue weighted by atomic mass is 19.3. The van der Waals surface area contributed by atoms with Crippen LogP contribution in [0.15, 0.2) is 65.6 Å². The van der Waals surface area contributed by atoms with Gasteiger partial charge in [-0.3, -0.25) is 18.8 Å². The summed E-state index contributed by atoms with van der Waals surface area (Å²) in [5.74, 6) is -7.74. The number of benzene rings is 2. The number of carbonyl (C=O) groups is 1. The first-order valence-corrected chi connectivity index (χ1v) is 14.5.